The van der Waals surface area contributed by atoms with Gasteiger partial charge in [0.2, 0.25) is 0 Å². The van der Waals surface area contributed by atoms with Crippen molar-refractivity contribution < 1.29 is 22.7 Å². The molecule has 0 aromatic heterocycles. The number of non-ortho nitro benzene ring substituents is 1. The molecule has 0 saturated carbocycles. The van der Waals surface area contributed by atoms with Crippen LogP contribution in [0.4, 0.5) is 17.1 Å². The van der Waals surface area contributed by atoms with Crippen LogP contribution >= 0.6 is 0 Å². The molecule has 11 nitrogen and oxygen atoms in total. The number of azo groups is 1. The molecule has 1 unspecified atom stereocenters. The molecule has 1 N–H and O–H groups in total. The summed E-state index contributed by atoms with van der Waals surface area (Å²) in [7, 11) is -4.35. The Labute approximate surface area is 187 Å². The molecule has 1 atom stereocenters. The third-order valence-electron chi connectivity index (χ3n) is 4.71. The minimum absolute atomic E-state index is 0.110. The topological polar surface area (TPSA) is 155 Å². The number of benzene rings is 3. The maximum Gasteiger partial charge on any atom is 0.294 e. The fraction of sp³-hybridized carbons (Fsp3) is 0.0476. The second kappa shape index (κ2) is 8.68. The summed E-state index contributed by atoms with van der Waals surface area (Å²) in [4.78, 5) is 23.2. The molecule has 0 spiro atoms. The van der Waals surface area contributed by atoms with Gasteiger partial charge >= 0.3 is 0 Å². The molecule has 166 valence electrons. The SMILES string of the molecule is O=C1C(N=Nc2ccc(S(=O)(=O)O)cc2)C(c2ccc([N+](=O)[O-])cc2)=NN1c1ccccc1. The van der Waals surface area contributed by atoms with E-state index in [-0.39, 0.29) is 22.0 Å². The fourth-order valence-electron chi connectivity index (χ4n) is 3.08. The van der Waals surface area contributed by atoms with Gasteiger partial charge in [-0.3, -0.25) is 19.5 Å². The second-order valence-electron chi connectivity index (χ2n) is 6.86. The van der Waals surface area contributed by atoms with Gasteiger partial charge in [0.25, 0.3) is 21.7 Å². The zero-order chi connectivity index (χ0) is 23.6. The number of hydrogen-bond acceptors (Lipinski definition) is 8. The van der Waals surface area contributed by atoms with Crippen LogP contribution in [0.5, 0.6) is 0 Å². The Morgan fingerprint density at radius 3 is 2.18 bits per heavy atom. The first kappa shape index (κ1) is 21.9. The van der Waals surface area contributed by atoms with Gasteiger partial charge in [0, 0.05) is 17.7 Å². The maximum absolute atomic E-state index is 13.1. The van der Waals surface area contributed by atoms with Crippen LogP contribution in [0.2, 0.25) is 0 Å². The summed E-state index contributed by atoms with van der Waals surface area (Å²) in [6.07, 6.45) is 0. The molecule has 0 fully saturated rings. The van der Waals surface area contributed by atoms with Gasteiger partial charge in [0.1, 0.15) is 5.71 Å². The molecule has 0 bridgehead atoms. The number of anilines is 1. The average Bonchev–Trinajstić information content (AvgIpc) is 3.14. The van der Waals surface area contributed by atoms with Crippen LogP contribution in [0.25, 0.3) is 0 Å². The molecular weight excluding hydrogens is 450 g/mol. The summed E-state index contributed by atoms with van der Waals surface area (Å²) >= 11 is 0. The van der Waals surface area contributed by atoms with E-state index in [1.54, 1.807) is 30.3 Å². The molecule has 1 aliphatic rings. The van der Waals surface area contributed by atoms with Crippen molar-refractivity contribution in [2.45, 2.75) is 10.9 Å². The van der Waals surface area contributed by atoms with Crippen LogP contribution in [0, 0.1) is 10.1 Å². The van der Waals surface area contributed by atoms with Gasteiger partial charge in [-0.25, -0.2) is 0 Å². The number of carbonyl (C=O) groups excluding carboxylic acids is 1. The minimum Gasteiger partial charge on any atom is -0.282 e. The molecule has 12 heteroatoms. The van der Waals surface area contributed by atoms with E-state index in [1.165, 1.54) is 41.4 Å². The molecule has 1 aliphatic heterocycles. The van der Waals surface area contributed by atoms with Gasteiger partial charge < -0.3 is 0 Å². The van der Waals surface area contributed by atoms with Crippen molar-refractivity contribution in [1.82, 2.24) is 0 Å². The van der Waals surface area contributed by atoms with Gasteiger partial charge in [-0.1, -0.05) is 18.2 Å². The number of nitro groups is 1. The van der Waals surface area contributed by atoms with Crippen molar-refractivity contribution >= 4 is 38.8 Å². The van der Waals surface area contributed by atoms with E-state index < -0.39 is 27.0 Å². The maximum atomic E-state index is 13.1. The zero-order valence-electron chi connectivity index (χ0n) is 16.7. The molecule has 0 radical (unpaired) electrons. The van der Waals surface area contributed by atoms with Crippen LogP contribution in [-0.4, -0.2) is 35.6 Å². The lowest BCUT2D eigenvalue weighted by molar-refractivity contribution is -0.384. The number of nitro benzene ring substituents is 1. The summed E-state index contributed by atoms with van der Waals surface area (Å²) in [5.41, 5.74) is 1.35. The quantitative estimate of drug-likeness (QED) is 0.253. The molecular formula is C21H15N5O6S. The van der Waals surface area contributed by atoms with E-state index in [4.69, 9.17) is 4.55 Å². The van der Waals surface area contributed by atoms with Gasteiger partial charge in [0.05, 0.1) is 21.2 Å². The first-order valence-corrected chi connectivity index (χ1v) is 10.9. The molecule has 33 heavy (non-hydrogen) atoms. The fourth-order valence-corrected chi connectivity index (χ4v) is 3.56. The van der Waals surface area contributed by atoms with Crippen LogP contribution in [0.1, 0.15) is 5.56 Å². The summed E-state index contributed by atoms with van der Waals surface area (Å²) < 4.78 is 31.4. The van der Waals surface area contributed by atoms with E-state index >= 15 is 0 Å². The molecule has 3 aromatic rings. The number of carbonyl (C=O) groups is 1. The first-order valence-electron chi connectivity index (χ1n) is 9.45. The van der Waals surface area contributed by atoms with Crippen LogP contribution < -0.4 is 5.01 Å². The zero-order valence-corrected chi connectivity index (χ0v) is 17.5. The van der Waals surface area contributed by atoms with E-state index in [1.807, 2.05) is 0 Å². The number of nitrogens with zero attached hydrogens (tertiary/aromatic N) is 5. The molecule has 3 aromatic carbocycles. The highest BCUT2D eigenvalue weighted by Crippen LogP contribution is 2.27. The lowest BCUT2D eigenvalue weighted by atomic mass is 10.0. The van der Waals surface area contributed by atoms with Gasteiger partial charge in [-0.2, -0.15) is 28.8 Å². The standard InChI is InChI=1S/C21H15N5O6S/c27-21-20(23-22-15-8-12-18(13-9-15)33(30,31)32)19(14-6-10-17(11-7-14)26(28)29)24-25(21)16-4-2-1-3-5-16/h1-13,20H,(H,30,31,32). The van der Waals surface area contributed by atoms with Gasteiger partial charge in [-0.05, 0) is 48.5 Å². The Balaban J connectivity index is 1.69. The minimum atomic E-state index is -4.35. The number of amides is 1. The third-order valence-corrected chi connectivity index (χ3v) is 5.58. The summed E-state index contributed by atoms with van der Waals surface area (Å²) in [5.74, 6) is -0.479. The summed E-state index contributed by atoms with van der Waals surface area (Å²) in [5, 5.41) is 24.7. The van der Waals surface area contributed by atoms with Crippen molar-refractivity contribution in [3.63, 3.8) is 0 Å². The predicted molar refractivity (Wildman–Crippen MR) is 118 cm³/mol. The summed E-state index contributed by atoms with van der Waals surface area (Å²) in [6.45, 7) is 0. The monoisotopic (exact) mass is 465 g/mol. The highest BCUT2D eigenvalue weighted by atomic mass is 32.2. The Morgan fingerprint density at radius 1 is 0.970 bits per heavy atom. The normalized spacial score (nSPS) is 16.3. The van der Waals surface area contributed by atoms with Crippen molar-refractivity contribution in [3.8, 4) is 0 Å². The smallest absolute Gasteiger partial charge is 0.282 e. The van der Waals surface area contributed by atoms with Crippen molar-refractivity contribution in [2.75, 3.05) is 5.01 Å². The highest BCUT2D eigenvalue weighted by molar-refractivity contribution is 7.85. The van der Waals surface area contributed by atoms with Crippen LogP contribution in [-0.2, 0) is 14.9 Å². The largest absolute Gasteiger partial charge is 0.294 e. The van der Waals surface area contributed by atoms with Crippen LogP contribution in [0.15, 0.2) is 99.1 Å². The second-order valence-corrected chi connectivity index (χ2v) is 8.28. The number of hydrogen-bond donors (Lipinski definition) is 1. The lowest BCUT2D eigenvalue weighted by Crippen LogP contribution is -2.30. The number of para-hydroxylation sites is 1. The van der Waals surface area contributed by atoms with Crippen molar-refractivity contribution in [3.05, 3.63) is 94.5 Å². The van der Waals surface area contributed by atoms with Gasteiger partial charge in [-0.15, -0.1) is 0 Å². The number of hydrazone groups is 1. The molecule has 0 aliphatic carbocycles. The molecule has 0 saturated heterocycles. The first-order chi connectivity index (χ1) is 15.7. The third kappa shape index (κ3) is 4.66. The summed E-state index contributed by atoms with van der Waals surface area (Å²) in [6, 6.07) is 18.0. The molecule has 4 rings (SSSR count). The van der Waals surface area contributed by atoms with Crippen LogP contribution in [0.3, 0.4) is 0 Å². The number of rotatable bonds is 6. The van der Waals surface area contributed by atoms with Crippen molar-refractivity contribution in [2.24, 2.45) is 15.3 Å². The Morgan fingerprint density at radius 2 is 1.61 bits per heavy atom. The molecule has 1 amide bonds. The Kier molecular flexibility index (Phi) is 5.77. The highest BCUT2D eigenvalue weighted by Gasteiger charge is 2.38. The Hall–Kier alpha value is -4.29. The van der Waals surface area contributed by atoms with Gasteiger partial charge in [0.15, 0.2) is 6.04 Å². The predicted octanol–water partition coefficient (Wildman–Crippen LogP) is 3.74. The van der Waals surface area contributed by atoms with Crippen molar-refractivity contribution in [1.29, 1.82) is 0 Å². The average molecular weight is 465 g/mol. The Bertz CT molecular complexity index is 1370. The van der Waals surface area contributed by atoms with E-state index in [9.17, 15) is 23.3 Å². The lowest BCUT2D eigenvalue weighted by Gasteiger charge is -2.11. The molecule has 1 heterocycles. The van der Waals surface area contributed by atoms with E-state index in [2.05, 4.69) is 15.3 Å². The van der Waals surface area contributed by atoms with E-state index in [0.29, 0.717) is 11.3 Å². The van der Waals surface area contributed by atoms with E-state index in [0.717, 1.165) is 12.1 Å².